The molecule has 0 heterocycles. The van der Waals surface area contributed by atoms with E-state index in [1.165, 1.54) is 0 Å². The molecule has 0 fully saturated rings. The van der Waals surface area contributed by atoms with E-state index in [0.717, 1.165) is 21.5 Å². The predicted octanol–water partition coefficient (Wildman–Crippen LogP) is 6.40. The van der Waals surface area contributed by atoms with E-state index in [2.05, 4.69) is 0 Å². The van der Waals surface area contributed by atoms with Crippen molar-refractivity contribution < 1.29 is 19.4 Å². The maximum absolute atomic E-state index is 12.9. The molecule has 0 unspecified atom stereocenters. The Morgan fingerprint density at radius 2 is 1.34 bits per heavy atom. The van der Waals surface area contributed by atoms with Crippen LogP contribution in [0.2, 0.25) is 0 Å². The van der Waals surface area contributed by atoms with Crippen molar-refractivity contribution in [2.75, 3.05) is 0 Å². The van der Waals surface area contributed by atoms with Crippen LogP contribution < -0.4 is 4.74 Å². The minimum absolute atomic E-state index is 0.146. The number of esters is 1. The highest BCUT2D eigenvalue weighted by molar-refractivity contribution is 6.12. The van der Waals surface area contributed by atoms with E-state index in [-0.39, 0.29) is 11.3 Å². The van der Waals surface area contributed by atoms with E-state index < -0.39 is 5.97 Å². The van der Waals surface area contributed by atoms with Crippen LogP contribution in [0, 0.1) is 0 Å². The number of carbonyl (C=O) groups is 2. The van der Waals surface area contributed by atoms with Gasteiger partial charge in [0.2, 0.25) is 0 Å². The van der Waals surface area contributed by atoms with Crippen LogP contribution in [0.4, 0.5) is 0 Å². The largest absolute Gasteiger partial charge is 0.507 e. The first-order valence-corrected chi connectivity index (χ1v) is 10.2. The first kappa shape index (κ1) is 19.5. The molecule has 154 valence electrons. The molecule has 5 rings (SSSR count). The van der Waals surface area contributed by atoms with Crippen LogP contribution in [-0.4, -0.2) is 17.4 Å². The number of aldehydes is 1. The summed E-state index contributed by atoms with van der Waals surface area (Å²) in [4.78, 5) is 24.6. The second kappa shape index (κ2) is 8.00. The molecule has 0 aromatic heterocycles. The van der Waals surface area contributed by atoms with Gasteiger partial charge in [-0.25, -0.2) is 4.79 Å². The third kappa shape index (κ3) is 3.28. The lowest BCUT2D eigenvalue weighted by atomic mass is 9.90. The zero-order valence-corrected chi connectivity index (χ0v) is 17.0. The van der Waals surface area contributed by atoms with Crippen LogP contribution in [0.15, 0.2) is 97.1 Å². The third-order valence-electron chi connectivity index (χ3n) is 5.53. The zero-order valence-electron chi connectivity index (χ0n) is 17.0. The Kier molecular flexibility index (Phi) is 4.88. The number of phenolic OH excluding ortho intramolecular Hbond substituents is 1. The van der Waals surface area contributed by atoms with Crippen LogP contribution in [0.5, 0.6) is 11.5 Å². The van der Waals surface area contributed by atoms with Crippen molar-refractivity contribution >= 4 is 33.8 Å². The molecule has 1 N–H and O–H groups in total. The van der Waals surface area contributed by atoms with Gasteiger partial charge < -0.3 is 9.84 Å². The Labute approximate surface area is 184 Å². The molecule has 0 bridgehead atoms. The standard InChI is InChI=1S/C28H18O4/c29-17-21-16-20-11-5-7-13-23(20)26(27(21)30)25-22-12-6-4-8-18(22)14-15-24(25)32-28(31)19-9-2-1-3-10-19/h1-17,30H. The second-order valence-electron chi connectivity index (χ2n) is 7.44. The predicted molar refractivity (Wildman–Crippen MR) is 125 cm³/mol. The van der Waals surface area contributed by atoms with Gasteiger partial charge in [-0.2, -0.15) is 0 Å². The van der Waals surface area contributed by atoms with Crippen molar-refractivity contribution in [2.45, 2.75) is 0 Å². The van der Waals surface area contributed by atoms with Gasteiger partial charge in [0.15, 0.2) is 6.29 Å². The molecule has 0 spiro atoms. The van der Waals surface area contributed by atoms with Crippen LogP contribution in [0.3, 0.4) is 0 Å². The first-order valence-electron chi connectivity index (χ1n) is 10.2. The molecule has 0 aliphatic rings. The van der Waals surface area contributed by atoms with Crippen LogP contribution in [-0.2, 0) is 0 Å². The molecule has 0 aliphatic heterocycles. The van der Waals surface area contributed by atoms with Gasteiger partial charge in [-0.3, -0.25) is 4.79 Å². The van der Waals surface area contributed by atoms with Gasteiger partial charge in [-0.15, -0.1) is 0 Å². The quantitative estimate of drug-likeness (QED) is 0.208. The van der Waals surface area contributed by atoms with E-state index in [9.17, 15) is 14.7 Å². The monoisotopic (exact) mass is 418 g/mol. The van der Waals surface area contributed by atoms with Crippen molar-refractivity contribution in [3.8, 4) is 22.6 Å². The topological polar surface area (TPSA) is 63.6 Å². The zero-order chi connectivity index (χ0) is 22.1. The Morgan fingerprint density at radius 3 is 2.06 bits per heavy atom. The highest BCUT2D eigenvalue weighted by atomic mass is 16.5. The Morgan fingerprint density at radius 1 is 0.719 bits per heavy atom. The molecule has 5 aromatic carbocycles. The van der Waals surface area contributed by atoms with Gasteiger partial charge in [0.1, 0.15) is 11.5 Å². The molecule has 5 aromatic rings. The number of benzene rings is 5. The molecule has 0 atom stereocenters. The molecule has 4 heteroatoms. The van der Waals surface area contributed by atoms with Crippen molar-refractivity contribution in [1.29, 1.82) is 0 Å². The van der Waals surface area contributed by atoms with Crippen molar-refractivity contribution in [3.63, 3.8) is 0 Å². The summed E-state index contributed by atoms with van der Waals surface area (Å²) in [6.45, 7) is 0. The van der Waals surface area contributed by atoms with Crippen LogP contribution in [0.25, 0.3) is 32.7 Å². The summed E-state index contributed by atoms with van der Waals surface area (Å²) in [5, 5.41) is 14.4. The molecule has 0 saturated heterocycles. The smallest absolute Gasteiger partial charge is 0.343 e. The number of rotatable bonds is 4. The van der Waals surface area contributed by atoms with Crippen molar-refractivity contribution in [1.82, 2.24) is 0 Å². The minimum Gasteiger partial charge on any atom is -0.507 e. The molecule has 4 nitrogen and oxygen atoms in total. The molecular formula is C28H18O4. The number of phenols is 1. The van der Waals surface area contributed by atoms with Gasteiger partial charge in [-0.05, 0) is 45.8 Å². The normalized spacial score (nSPS) is 10.9. The van der Waals surface area contributed by atoms with Crippen LogP contribution in [0.1, 0.15) is 20.7 Å². The lowest BCUT2D eigenvalue weighted by Crippen LogP contribution is -2.09. The van der Waals surface area contributed by atoms with E-state index in [1.807, 2.05) is 60.7 Å². The van der Waals surface area contributed by atoms with Crippen molar-refractivity contribution in [3.05, 3.63) is 108 Å². The summed E-state index contributed by atoms with van der Waals surface area (Å²) in [6.07, 6.45) is 0.631. The second-order valence-corrected chi connectivity index (χ2v) is 7.44. The Balaban J connectivity index is 1.83. The number of ether oxygens (including phenoxy) is 1. The van der Waals surface area contributed by atoms with E-state index in [1.54, 1.807) is 36.4 Å². The number of carbonyl (C=O) groups excluding carboxylic acids is 2. The van der Waals surface area contributed by atoms with E-state index in [4.69, 9.17) is 4.74 Å². The number of hydrogen-bond donors (Lipinski definition) is 1. The molecular weight excluding hydrogens is 400 g/mol. The van der Waals surface area contributed by atoms with Gasteiger partial charge in [0, 0.05) is 11.1 Å². The lowest BCUT2D eigenvalue weighted by molar-refractivity contribution is 0.0735. The fraction of sp³-hybridized carbons (Fsp3) is 0. The first-order chi connectivity index (χ1) is 15.7. The van der Waals surface area contributed by atoms with Gasteiger partial charge in [0.05, 0.1) is 11.1 Å². The number of fused-ring (bicyclic) bond motifs is 2. The maximum Gasteiger partial charge on any atom is 0.343 e. The summed E-state index contributed by atoms with van der Waals surface area (Å²) in [5.41, 5.74) is 1.61. The van der Waals surface area contributed by atoms with Gasteiger partial charge >= 0.3 is 5.97 Å². The summed E-state index contributed by atoms with van der Waals surface area (Å²) < 4.78 is 5.83. The van der Waals surface area contributed by atoms with Crippen molar-refractivity contribution in [2.24, 2.45) is 0 Å². The average molecular weight is 418 g/mol. The molecule has 0 radical (unpaired) electrons. The highest BCUT2D eigenvalue weighted by Gasteiger charge is 2.22. The van der Waals surface area contributed by atoms with Gasteiger partial charge in [-0.1, -0.05) is 72.8 Å². The molecule has 0 amide bonds. The molecule has 32 heavy (non-hydrogen) atoms. The highest BCUT2D eigenvalue weighted by Crippen LogP contribution is 2.46. The average Bonchev–Trinajstić information content (AvgIpc) is 2.84. The SMILES string of the molecule is O=Cc1cc2ccccc2c(-c2c(OC(=O)c3ccccc3)ccc3ccccc23)c1O. The fourth-order valence-corrected chi connectivity index (χ4v) is 4.03. The van der Waals surface area contributed by atoms with E-state index in [0.29, 0.717) is 28.7 Å². The van der Waals surface area contributed by atoms with Crippen LogP contribution >= 0.6 is 0 Å². The van der Waals surface area contributed by atoms with Gasteiger partial charge in [0.25, 0.3) is 0 Å². The summed E-state index contributed by atoms with van der Waals surface area (Å²) >= 11 is 0. The molecule has 0 saturated carbocycles. The fourth-order valence-electron chi connectivity index (χ4n) is 4.03. The van der Waals surface area contributed by atoms with E-state index >= 15 is 0 Å². The minimum atomic E-state index is -0.502. The summed E-state index contributed by atoms with van der Waals surface area (Å²) in [7, 11) is 0. The number of hydrogen-bond acceptors (Lipinski definition) is 4. The lowest BCUT2D eigenvalue weighted by Gasteiger charge is -2.17. The Bertz CT molecular complexity index is 1490. The summed E-state index contributed by atoms with van der Waals surface area (Å²) in [6, 6.07) is 29.1. The maximum atomic E-state index is 12.9. The Hall–Kier alpha value is -4.44. The summed E-state index contributed by atoms with van der Waals surface area (Å²) in [5.74, 6) is -0.342. The molecule has 0 aliphatic carbocycles. The third-order valence-corrected chi connectivity index (χ3v) is 5.53. The number of aromatic hydroxyl groups is 1.